The number of aryl methyl sites for hydroxylation is 2. The van der Waals surface area contributed by atoms with E-state index in [1.54, 1.807) is 4.68 Å². The van der Waals surface area contributed by atoms with Gasteiger partial charge in [-0.05, 0) is 49.6 Å². The van der Waals surface area contributed by atoms with Crippen LogP contribution in [0, 0.1) is 0 Å². The Labute approximate surface area is 185 Å². The van der Waals surface area contributed by atoms with Crippen molar-refractivity contribution < 1.29 is 9.47 Å². The molecule has 1 N–H and O–H groups in total. The van der Waals surface area contributed by atoms with Crippen molar-refractivity contribution in [2.45, 2.75) is 38.2 Å². The molecular weight excluding hydrogens is 404 g/mol. The summed E-state index contributed by atoms with van der Waals surface area (Å²) in [5, 5.41) is 17.9. The van der Waals surface area contributed by atoms with Crippen LogP contribution in [0.1, 0.15) is 49.1 Å². The number of fused-ring (bicyclic) bond motifs is 4. The minimum atomic E-state index is -0.0300. The van der Waals surface area contributed by atoms with E-state index in [2.05, 4.69) is 46.5 Å². The molecule has 1 fully saturated rings. The number of aromatic nitrogens is 6. The molecule has 1 atom stereocenters. The lowest BCUT2D eigenvalue weighted by molar-refractivity contribution is 0.161. The van der Waals surface area contributed by atoms with Crippen LogP contribution >= 0.6 is 0 Å². The molecule has 0 unspecified atom stereocenters. The summed E-state index contributed by atoms with van der Waals surface area (Å²) in [7, 11) is 3.86. The Bertz CT molecular complexity index is 1340. The summed E-state index contributed by atoms with van der Waals surface area (Å²) in [4.78, 5) is 0. The zero-order valence-electron chi connectivity index (χ0n) is 18.5. The van der Waals surface area contributed by atoms with Gasteiger partial charge in [-0.25, -0.2) is 9.36 Å². The molecule has 1 saturated carbocycles. The monoisotopic (exact) mass is 430 g/mol. The summed E-state index contributed by atoms with van der Waals surface area (Å²) in [6, 6.07) is 6.25. The Morgan fingerprint density at radius 1 is 1.06 bits per heavy atom. The molecule has 4 aromatic rings. The van der Waals surface area contributed by atoms with Crippen molar-refractivity contribution in [1.29, 1.82) is 0 Å². The fourth-order valence-electron chi connectivity index (χ4n) is 4.36. The highest BCUT2D eigenvalue weighted by Crippen LogP contribution is 2.44. The van der Waals surface area contributed by atoms with Crippen molar-refractivity contribution in [3.05, 3.63) is 41.3 Å². The van der Waals surface area contributed by atoms with Gasteiger partial charge in [0.2, 0.25) is 11.8 Å². The minimum absolute atomic E-state index is 0.0300. The van der Waals surface area contributed by atoms with Crippen LogP contribution in [0.2, 0.25) is 0 Å². The van der Waals surface area contributed by atoms with Crippen LogP contribution in [-0.4, -0.2) is 42.5 Å². The molecule has 0 spiro atoms. The largest absolute Gasteiger partial charge is 0.477 e. The van der Waals surface area contributed by atoms with Gasteiger partial charge < -0.3 is 9.47 Å². The average Bonchev–Trinajstić information content (AvgIpc) is 3.35. The van der Waals surface area contributed by atoms with Crippen molar-refractivity contribution in [3.8, 4) is 22.9 Å². The minimum Gasteiger partial charge on any atom is -0.477 e. The molecule has 8 heteroatoms. The zero-order valence-corrected chi connectivity index (χ0v) is 18.5. The fraction of sp³-hybridized carbons (Fsp3) is 0.375. The van der Waals surface area contributed by atoms with Crippen LogP contribution in [0.5, 0.6) is 11.8 Å². The van der Waals surface area contributed by atoms with Crippen LogP contribution in [-0.2, 0) is 14.1 Å². The second kappa shape index (κ2) is 7.25. The van der Waals surface area contributed by atoms with E-state index in [-0.39, 0.29) is 6.10 Å². The second-order valence-electron chi connectivity index (χ2n) is 8.76. The number of aromatic amines is 1. The van der Waals surface area contributed by atoms with Gasteiger partial charge >= 0.3 is 0 Å². The molecule has 164 valence electrons. The maximum absolute atomic E-state index is 6.32. The maximum Gasteiger partial charge on any atom is 0.219 e. The SMILES string of the molecule is C[C@H]1CCOc2c(c(C3CC3)nn2C)/C=C/c2[nH]nc3ccc(cc23)-c2cnn(C)c2O1. The molecule has 0 radical (unpaired) electrons. The summed E-state index contributed by atoms with van der Waals surface area (Å²) in [5.74, 6) is 2.08. The molecule has 4 heterocycles. The predicted molar refractivity (Wildman–Crippen MR) is 123 cm³/mol. The summed E-state index contributed by atoms with van der Waals surface area (Å²) >= 11 is 0. The number of rotatable bonds is 1. The summed E-state index contributed by atoms with van der Waals surface area (Å²) in [6.45, 7) is 2.61. The van der Waals surface area contributed by atoms with E-state index in [1.165, 1.54) is 12.8 Å². The molecule has 6 rings (SSSR count). The highest BCUT2D eigenvalue weighted by atomic mass is 16.5. The Morgan fingerprint density at radius 3 is 2.78 bits per heavy atom. The van der Waals surface area contributed by atoms with Gasteiger partial charge in [-0.1, -0.05) is 6.07 Å². The zero-order chi connectivity index (χ0) is 21.8. The van der Waals surface area contributed by atoms with Crippen LogP contribution in [0.25, 0.3) is 34.2 Å². The van der Waals surface area contributed by atoms with Crippen LogP contribution in [0.4, 0.5) is 0 Å². The lowest BCUT2D eigenvalue weighted by atomic mass is 10.0. The van der Waals surface area contributed by atoms with Gasteiger partial charge in [-0.3, -0.25) is 5.10 Å². The highest BCUT2D eigenvalue weighted by Gasteiger charge is 2.31. The third kappa shape index (κ3) is 3.18. The second-order valence-corrected chi connectivity index (χ2v) is 8.76. The molecule has 0 saturated heterocycles. The van der Waals surface area contributed by atoms with E-state index in [0.29, 0.717) is 12.5 Å². The normalized spacial score (nSPS) is 19.5. The van der Waals surface area contributed by atoms with E-state index in [1.807, 2.05) is 31.0 Å². The highest BCUT2D eigenvalue weighted by molar-refractivity contribution is 5.93. The third-order valence-electron chi connectivity index (χ3n) is 6.29. The molecule has 1 aliphatic carbocycles. The first-order chi connectivity index (χ1) is 15.6. The van der Waals surface area contributed by atoms with Gasteiger partial charge in [0, 0.05) is 31.8 Å². The molecular formula is C24H26N6O2. The van der Waals surface area contributed by atoms with Gasteiger partial charge in [-0.2, -0.15) is 15.3 Å². The van der Waals surface area contributed by atoms with Gasteiger partial charge in [0.25, 0.3) is 0 Å². The maximum atomic E-state index is 6.32. The van der Waals surface area contributed by atoms with Gasteiger partial charge in [0.05, 0.1) is 40.8 Å². The van der Waals surface area contributed by atoms with E-state index in [9.17, 15) is 0 Å². The molecule has 32 heavy (non-hydrogen) atoms. The smallest absolute Gasteiger partial charge is 0.219 e. The van der Waals surface area contributed by atoms with Crippen molar-refractivity contribution in [1.82, 2.24) is 29.8 Å². The van der Waals surface area contributed by atoms with Gasteiger partial charge in [0.15, 0.2) is 0 Å². The first-order valence-corrected chi connectivity index (χ1v) is 11.1. The number of H-pyrrole nitrogens is 1. The van der Waals surface area contributed by atoms with Crippen LogP contribution in [0.3, 0.4) is 0 Å². The van der Waals surface area contributed by atoms with Gasteiger partial charge in [-0.15, -0.1) is 0 Å². The summed E-state index contributed by atoms with van der Waals surface area (Å²) < 4.78 is 16.2. The first-order valence-electron chi connectivity index (χ1n) is 11.1. The lowest BCUT2D eigenvalue weighted by Gasteiger charge is -2.17. The summed E-state index contributed by atoms with van der Waals surface area (Å²) in [6.07, 6.45) is 9.15. The van der Waals surface area contributed by atoms with Crippen molar-refractivity contribution in [2.24, 2.45) is 14.1 Å². The first kappa shape index (κ1) is 19.2. The Balaban J connectivity index is 1.51. The topological polar surface area (TPSA) is 82.8 Å². The third-order valence-corrected chi connectivity index (χ3v) is 6.29. The van der Waals surface area contributed by atoms with Crippen molar-refractivity contribution >= 4 is 23.1 Å². The Hall–Kier alpha value is -3.55. The molecule has 2 aliphatic rings. The number of nitrogens with zero attached hydrogens (tertiary/aromatic N) is 5. The van der Waals surface area contributed by atoms with E-state index in [4.69, 9.17) is 14.6 Å². The Morgan fingerprint density at radius 2 is 1.94 bits per heavy atom. The average molecular weight is 431 g/mol. The molecule has 2 bridgehead atoms. The predicted octanol–water partition coefficient (Wildman–Crippen LogP) is 4.29. The van der Waals surface area contributed by atoms with E-state index in [0.717, 1.165) is 57.2 Å². The van der Waals surface area contributed by atoms with E-state index < -0.39 is 0 Å². The molecule has 1 aromatic carbocycles. The fourth-order valence-corrected chi connectivity index (χ4v) is 4.36. The number of hydrogen-bond donors (Lipinski definition) is 1. The molecule has 8 nitrogen and oxygen atoms in total. The Kier molecular flexibility index (Phi) is 4.34. The van der Waals surface area contributed by atoms with E-state index >= 15 is 0 Å². The van der Waals surface area contributed by atoms with Crippen LogP contribution in [0.15, 0.2) is 24.4 Å². The van der Waals surface area contributed by atoms with Crippen molar-refractivity contribution in [2.75, 3.05) is 6.61 Å². The molecule has 3 aromatic heterocycles. The number of benzene rings is 1. The van der Waals surface area contributed by atoms with Crippen molar-refractivity contribution in [3.63, 3.8) is 0 Å². The number of ether oxygens (including phenoxy) is 2. The van der Waals surface area contributed by atoms with Gasteiger partial charge in [0.1, 0.15) is 6.10 Å². The summed E-state index contributed by atoms with van der Waals surface area (Å²) in [5.41, 5.74) is 6.07. The lowest BCUT2D eigenvalue weighted by Crippen LogP contribution is -2.18. The standard InChI is InChI=1S/C24H26N6O2/c1-14-10-11-31-23-17(22(15-4-5-15)28-30(23)3)7-9-21-18-12-16(6-8-20(18)26-27-21)19-13-25-29(2)24(19)32-14/h6-9,12-15H,4-5,10-11H2,1-3H3,(H,26,27)/b9-7+/t14-/m0/s1. The molecule has 0 amide bonds. The number of nitrogens with one attached hydrogen (secondary N) is 1. The quantitative estimate of drug-likeness (QED) is 0.487. The molecule has 1 aliphatic heterocycles. The van der Waals surface area contributed by atoms with Crippen LogP contribution < -0.4 is 9.47 Å². The number of hydrogen-bond acceptors (Lipinski definition) is 5.